The lowest BCUT2D eigenvalue weighted by Crippen LogP contribution is -2.17. The summed E-state index contributed by atoms with van der Waals surface area (Å²) in [6, 6.07) is 15.9. The van der Waals surface area contributed by atoms with Crippen molar-refractivity contribution in [3.8, 4) is 5.75 Å². The monoisotopic (exact) mass is 1390 g/mol. The molecule has 0 aliphatic carbocycles. The fourth-order valence-corrected chi connectivity index (χ4v) is 12.5. The standard InChI is InChI=1S/C46H52N14O21S8/c1-27-19-38(41(82-13-5-16-85(66,67)68)25-34(27)55-54-33-10-9-30(60(61)62)22-43(33)89(78,79)80)58-56-35-26-42(83-14-6-17-86(69,70)71)39(20-28(35)2)59-57-37-24-40(81-12-4-15-84(63,64)65)32(47)23-36(37)50-46-52-44(48-11-18-87(72,73)74)51-45(53-46)49-29-7-3-8-31(21-29)88(75,76)77/h3,7-10,19-26H,4-6,11-18,47H2,1-2H3,(H,63,64,65)(H,66,67,68)(H,69,70,71)(H,72,73,74)(H,75,76,77)(H,78,79,80)(H3,48,49,50,51,52,53). The zero-order chi connectivity index (χ0) is 65.7. The number of non-ortho nitro benzene ring substituents is 1. The van der Waals surface area contributed by atoms with Gasteiger partial charge in [0.05, 0.1) is 73.6 Å². The molecule has 5 aromatic carbocycles. The molecule has 43 heteroatoms. The van der Waals surface area contributed by atoms with E-state index >= 15 is 0 Å². The van der Waals surface area contributed by atoms with Crippen molar-refractivity contribution in [1.29, 1.82) is 0 Å². The number of nitro benzene ring substituents is 1. The Balaban J connectivity index is 1.44. The maximum Gasteiger partial charge on any atom is 0.297 e. The van der Waals surface area contributed by atoms with Crippen molar-refractivity contribution in [2.75, 3.05) is 69.4 Å². The summed E-state index contributed by atoms with van der Waals surface area (Å²) in [4.78, 5) is 22.4. The van der Waals surface area contributed by atoms with Gasteiger partial charge in [-0.15, -0.1) is 44.0 Å². The van der Waals surface area contributed by atoms with E-state index in [-0.39, 0.29) is 106 Å². The second kappa shape index (κ2) is 29.9. The van der Waals surface area contributed by atoms with Gasteiger partial charge in [0.2, 0.25) is 17.8 Å². The Bertz CT molecular complexity index is 4470. The number of nitrogens with zero attached hydrogens (tertiary/aromatic N) is 10. The zero-order valence-electron chi connectivity index (χ0n) is 45.9. The van der Waals surface area contributed by atoms with Crippen LogP contribution in [0, 0.1) is 24.0 Å². The number of hydrogen-bond acceptors (Lipinski definition) is 30. The minimum absolute atomic E-state index is 0.0286. The summed E-state index contributed by atoms with van der Waals surface area (Å²) in [5.41, 5.74) is 6.43. The zero-order valence-corrected chi connectivity index (χ0v) is 52.4. The third-order valence-electron chi connectivity index (χ3n) is 11.2. The molecule has 89 heavy (non-hydrogen) atoms. The molecule has 6 rings (SSSR count). The van der Waals surface area contributed by atoms with Gasteiger partial charge in [0.15, 0.2) is 0 Å². The molecular formula is C46H52N14O21S8. The van der Waals surface area contributed by atoms with E-state index in [9.17, 15) is 87.9 Å². The number of ether oxygens (including phenoxy) is 1. The fraction of sp³-hybridized carbons (Fsp3) is 0.283. The van der Waals surface area contributed by atoms with Crippen LogP contribution in [-0.4, -0.2) is 145 Å². The van der Waals surface area contributed by atoms with Gasteiger partial charge in [0.1, 0.15) is 22.0 Å². The summed E-state index contributed by atoms with van der Waals surface area (Å²) in [5.74, 6) is -3.58. The van der Waals surface area contributed by atoms with Gasteiger partial charge in [-0.25, -0.2) is 0 Å². The highest BCUT2D eigenvalue weighted by atomic mass is 32.2. The van der Waals surface area contributed by atoms with E-state index < -0.39 is 116 Å². The van der Waals surface area contributed by atoms with Crippen molar-refractivity contribution in [3.05, 3.63) is 100 Å². The van der Waals surface area contributed by atoms with E-state index in [4.69, 9.17) is 10.5 Å². The van der Waals surface area contributed by atoms with E-state index in [1.54, 1.807) is 13.8 Å². The van der Waals surface area contributed by atoms with Crippen LogP contribution in [0.3, 0.4) is 0 Å². The van der Waals surface area contributed by atoms with E-state index in [0.717, 1.165) is 47.8 Å². The quantitative estimate of drug-likeness (QED) is 0.00358. The van der Waals surface area contributed by atoms with E-state index in [1.165, 1.54) is 48.5 Å². The first-order chi connectivity index (χ1) is 41.4. The van der Waals surface area contributed by atoms with Gasteiger partial charge < -0.3 is 26.4 Å². The van der Waals surface area contributed by atoms with Crippen LogP contribution >= 0.6 is 23.5 Å². The highest BCUT2D eigenvalue weighted by Crippen LogP contribution is 2.43. The number of nitro groups is 1. The van der Waals surface area contributed by atoms with Crippen molar-refractivity contribution in [1.82, 2.24) is 15.0 Å². The van der Waals surface area contributed by atoms with Crippen LogP contribution in [0.2, 0.25) is 0 Å². The maximum atomic E-state index is 12.2. The SMILES string of the molecule is Cc1cc(N=Nc2cc(OCCCS(=O)(=O)O)c(N)cc2Nc2nc(NCCS(=O)(=O)O)nc(Nc3cccc(S(=O)(=O)O)c3)n2)c(SCCCS(=O)(=O)O)cc1N=Nc1cc(C)c(N=Nc2ccc([N+](=O)[O-])cc2S(=O)(=O)O)cc1SCCCS(=O)(=O)O. The largest absolute Gasteiger partial charge is 0.491 e. The molecule has 480 valence electrons. The van der Waals surface area contributed by atoms with Crippen LogP contribution in [-0.2, 0) is 60.7 Å². The van der Waals surface area contributed by atoms with Gasteiger partial charge in [0, 0.05) is 40.2 Å². The number of rotatable bonds is 32. The number of aryl methyl sites for hydroxylation is 2. The number of benzene rings is 5. The number of anilines is 6. The Hall–Kier alpha value is -7.53. The Morgan fingerprint density at radius 2 is 1.04 bits per heavy atom. The summed E-state index contributed by atoms with van der Waals surface area (Å²) in [7, 11) is -27.4. The first-order valence-electron chi connectivity index (χ1n) is 24.9. The first-order valence-corrected chi connectivity index (χ1v) is 36.2. The number of thioether (sulfide) groups is 2. The molecule has 6 aromatic rings. The third kappa shape index (κ3) is 23.4. The van der Waals surface area contributed by atoms with Crippen molar-refractivity contribution in [2.24, 2.45) is 30.7 Å². The predicted molar refractivity (Wildman–Crippen MR) is 326 cm³/mol. The smallest absolute Gasteiger partial charge is 0.297 e. The molecule has 0 spiro atoms. The molecule has 0 atom stereocenters. The van der Waals surface area contributed by atoms with E-state index in [2.05, 4.69) is 61.6 Å². The van der Waals surface area contributed by atoms with E-state index in [1.807, 2.05) is 0 Å². The highest BCUT2D eigenvalue weighted by molar-refractivity contribution is 7.99. The molecule has 11 N–H and O–H groups in total. The summed E-state index contributed by atoms with van der Waals surface area (Å²) in [5, 5.41) is 45.6. The minimum atomic E-state index is -5.04. The molecule has 1 aromatic heterocycles. The Morgan fingerprint density at radius 1 is 0.551 bits per heavy atom. The van der Waals surface area contributed by atoms with Crippen LogP contribution in [0.1, 0.15) is 30.4 Å². The average Bonchev–Trinajstić information content (AvgIpc) is 2.65. The van der Waals surface area contributed by atoms with Gasteiger partial charge in [-0.3, -0.25) is 37.4 Å². The molecule has 0 saturated heterocycles. The third-order valence-corrected chi connectivity index (χ3v) is 18.4. The van der Waals surface area contributed by atoms with Crippen molar-refractivity contribution < 1.29 is 87.5 Å². The summed E-state index contributed by atoms with van der Waals surface area (Å²) in [6.07, 6.45) is -0.313. The van der Waals surface area contributed by atoms with Crippen LogP contribution in [0.4, 0.5) is 74.7 Å². The normalized spacial score (nSPS) is 12.7. The average molecular weight is 1390 g/mol. The molecule has 0 aliphatic rings. The van der Waals surface area contributed by atoms with Gasteiger partial charge in [-0.05, 0) is 110 Å². The Labute approximate surface area is 516 Å². The highest BCUT2D eigenvalue weighted by Gasteiger charge is 2.22. The lowest BCUT2D eigenvalue weighted by molar-refractivity contribution is -0.385. The first kappa shape index (κ1) is 70.6. The number of nitrogens with two attached hydrogens (primary N) is 1. The van der Waals surface area contributed by atoms with Gasteiger partial charge in [-0.2, -0.15) is 75.7 Å². The molecule has 0 bridgehead atoms. The molecule has 1 heterocycles. The van der Waals surface area contributed by atoms with Crippen molar-refractivity contribution >= 4 is 159 Å². The number of nitrogens with one attached hydrogen (secondary N) is 3. The molecule has 0 radical (unpaired) electrons. The number of nitrogen functional groups attached to an aromatic ring is 1. The molecule has 0 saturated carbocycles. The summed E-state index contributed by atoms with van der Waals surface area (Å²) >= 11 is 2.11. The lowest BCUT2D eigenvalue weighted by Gasteiger charge is -2.15. The van der Waals surface area contributed by atoms with Gasteiger partial charge in [0.25, 0.3) is 66.4 Å². The molecule has 0 fully saturated rings. The number of hydrogen-bond donors (Lipinski definition) is 10. The molecule has 0 amide bonds. The van der Waals surface area contributed by atoms with Crippen molar-refractivity contribution in [3.63, 3.8) is 0 Å². The van der Waals surface area contributed by atoms with E-state index in [0.29, 0.717) is 27.0 Å². The van der Waals surface area contributed by atoms with Crippen LogP contribution in [0.15, 0.2) is 129 Å². The second-order valence-corrected chi connectivity index (χ2v) is 29.7. The fourth-order valence-electron chi connectivity index (χ4n) is 7.16. The van der Waals surface area contributed by atoms with Crippen LogP contribution in [0.25, 0.3) is 0 Å². The topological polar surface area (TPSA) is 554 Å². The summed E-state index contributed by atoms with van der Waals surface area (Å²) in [6.45, 7) is 2.45. The second-order valence-electron chi connectivity index (χ2n) is 18.3. The molecular weight excluding hydrogens is 1340 g/mol. The predicted octanol–water partition coefficient (Wildman–Crippen LogP) is 8.90. The Kier molecular flexibility index (Phi) is 23.7. The molecule has 35 nitrogen and oxygen atoms in total. The van der Waals surface area contributed by atoms with Gasteiger partial charge in [-0.1, -0.05) is 6.07 Å². The lowest BCUT2D eigenvalue weighted by atomic mass is 10.2. The van der Waals surface area contributed by atoms with Gasteiger partial charge >= 0.3 is 0 Å². The Morgan fingerprint density at radius 3 is 1.56 bits per heavy atom. The number of azo groups is 3. The molecule has 0 unspecified atom stereocenters. The van der Waals surface area contributed by atoms with Crippen LogP contribution < -0.4 is 26.4 Å². The number of aromatic nitrogens is 3. The maximum absolute atomic E-state index is 12.2. The van der Waals surface area contributed by atoms with Crippen molar-refractivity contribution in [2.45, 2.75) is 52.7 Å². The minimum Gasteiger partial charge on any atom is -0.491 e. The van der Waals surface area contributed by atoms with Crippen LogP contribution in [0.5, 0.6) is 5.75 Å². The molecule has 0 aliphatic heterocycles. The summed E-state index contributed by atoms with van der Waals surface area (Å²) < 4.78 is 203.